The zero-order valence-electron chi connectivity index (χ0n) is 9.30. The van der Waals surface area contributed by atoms with Gasteiger partial charge in [0.2, 0.25) is 5.89 Å². The first kappa shape index (κ1) is 9.89. The van der Waals surface area contributed by atoms with Crippen LogP contribution in [0.4, 0.5) is 0 Å². The van der Waals surface area contributed by atoms with Crippen molar-refractivity contribution in [1.82, 2.24) is 15.0 Å². The van der Waals surface area contributed by atoms with E-state index in [2.05, 4.69) is 15.0 Å². The van der Waals surface area contributed by atoms with Gasteiger partial charge in [0.1, 0.15) is 6.20 Å². The van der Waals surface area contributed by atoms with Gasteiger partial charge in [-0.05, 0) is 25.1 Å². The number of oxazole rings is 1. The first-order valence-corrected chi connectivity index (χ1v) is 5.39. The van der Waals surface area contributed by atoms with Crippen LogP contribution >= 0.6 is 0 Å². The van der Waals surface area contributed by atoms with Crippen LogP contribution in [0.2, 0.25) is 0 Å². The highest BCUT2D eigenvalue weighted by molar-refractivity contribution is 5.79. The van der Waals surface area contributed by atoms with Crippen LogP contribution in [0.25, 0.3) is 22.5 Å². The first-order chi connectivity index (χ1) is 8.36. The minimum Gasteiger partial charge on any atom is -0.464 e. The molecule has 0 fully saturated rings. The highest BCUT2D eigenvalue weighted by Crippen LogP contribution is 2.25. The Morgan fingerprint density at radius 1 is 1.35 bits per heavy atom. The number of aromatic nitrogens is 3. The number of fused-ring (bicyclic) bond motifs is 1. The molecule has 0 saturated heterocycles. The lowest BCUT2D eigenvalue weighted by molar-refractivity contribution is 0.260. The molecule has 0 saturated carbocycles. The molecule has 1 N–H and O–H groups in total. The Morgan fingerprint density at radius 3 is 3.18 bits per heavy atom. The average Bonchev–Trinajstić information content (AvgIpc) is 2.96. The molecular weight excluding hydrogens is 218 g/mol. The molecule has 5 heteroatoms. The largest absolute Gasteiger partial charge is 0.464 e. The highest BCUT2D eigenvalue weighted by atomic mass is 16.6. The summed E-state index contributed by atoms with van der Waals surface area (Å²) in [7, 11) is 0. The fraction of sp³-hybridized carbons (Fsp3) is 0.167. The summed E-state index contributed by atoms with van der Waals surface area (Å²) in [6.07, 6.45) is 3.24. The maximum Gasteiger partial charge on any atom is 0.305 e. The number of imidazole rings is 1. The maximum absolute atomic E-state index is 5.47. The van der Waals surface area contributed by atoms with Crippen molar-refractivity contribution in [2.45, 2.75) is 6.92 Å². The molecule has 17 heavy (non-hydrogen) atoms. The lowest BCUT2D eigenvalue weighted by Crippen LogP contribution is -1.87. The van der Waals surface area contributed by atoms with Gasteiger partial charge in [-0.2, -0.15) is 0 Å². The number of ether oxygens (including phenoxy) is 1. The van der Waals surface area contributed by atoms with E-state index in [0.717, 1.165) is 16.6 Å². The summed E-state index contributed by atoms with van der Waals surface area (Å²) in [4.78, 5) is 11.4. The van der Waals surface area contributed by atoms with Crippen LogP contribution in [0, 0.1) is 0 Å². The molecule has 0 radical (unpaired) electrons. The van der Waals surface area contributed by atoms with Crippen LogP contribution in [0.1, 0.15) is 6.92 Å². The Bertz CT molecular complexity index is 642. The number of nitrogens with one attached hydrogen (secondary N) is 1. The third-order valence-electron chi connectivity index (χ3n) is 2.44. The molecule has 0 unspecified atom stereocenters. The second kappa shape index (κ2) is 3.93. The van der Waals surface area contributed by atoms with E-state index in [1.807, 2.05) is 25.1 Å². The summed E-state index contributed by atoms with van der Waals surface area (Å²) in [5.41, 5.74) is 2.77. The molecule has 3 rings (SSSR count). The van der Waals surface area contributed by atoms with Gasteiger partial charge in [-0.15, -0.1) is 0 Å². The zero-order chi connectivity index (χ0) is 11.7. The summed E-state index contributed by atoms with van der Waals surface area (Å²) < 4.78 is 10.7. The molecule has 0 aliphatic heterocycles. The molecule has 86 valence electrons. The van der Waals surface area contributed by atoms with Gasteiger partial charge in [-0.1, -0.05) is 0 Å². The Kier molecular flexibility index (Phi) is 2.29. The summed E-state index contributed by atoms with van der Waals surface area (Å²) in [6, 6.07) is 5.79. The number of benzene rings is 1. The monoisotopic (exact) mass is 229 g/mol. The van der Waals surface area contributed by atoms with Crippen molar-refractivity contribution >= 4 is 11.0 Å². The highest BCUT2D eigenvalue weighted by Gasteiger charge is 2.08. The third-order valence-corrected chi connectivity index (χ3v) is 2.44. The van der Waals surface area contributed by atoms with Crippen molar-refractivity contribution in [3.63, 3.8) is 0 Å². The van der Waals surface area contributed by atoms with E-state index in [1.54, 1.807) is 12.5 Å². The van der Waals surface area contributed by atoms with Crippen molar-refractivity contribution in [2.24, 2.45) is 0 Å². The van der Waals surface area contributed by atoms with E-state index in [1.165, 1.54) is 0 Å². The maximum atomic E-state index is 5.47. The van der Waals surface area contributed by atoms with E-state index < -0.39 is 0 Å². The summed E-state index contributed by atoms with van der Waals surface area (Å²) in [5, 5.41) is 0. The second-order valence-electron chi connectivity index (χ2n) is 3.55. The Morgan fingerprint density at radius 2 is 2.29 bits per heavy atom. The van der Waals surface area contributed by atoms with Crippen LogP contribution in [0.15, 0.2) is 35.1 Å². The van der Waals surface area contributed by atoms with E-state index in [4.69, 9.17) is 9.15 Å². The normalized spacial score (nSPS) is 10.9. The smallest absolute Gasteiger partial charge is 0.305 e. The van der Waals surface area contributed by atoms with Crippen LogP contribution < -0.4 is 4.74 Å². The van der Waals surface area contributed by atoms with E-state index >= 15 is 0 Å². The molecular formula is C12H11N3O2. The lowest BCUT2D eigenvalue weighted by Gasteiger charge is -1.96. The van der Waals surface area contributed by atoms with E-state index in [9.17, 15) is 0 Å². The van der Waals surface area contributed by atoms with Crippen LogP contribution in [-0.2, 0) is 0 Å². The van der Waals surface area contributed by atoms with Gasteiger partial charge < -0.3 is 14.1 Å². The van der Waals surface area contributed by atoms with Crippen LogP contribution in [0.5, 0.6) is 5.95 Å². The molecule has 0 bridgehead atoms. The zero-order valence-corrected chi connectivity index (χ0v) is 9.30. The minimum absolute atomic E-state index is 0.437. The number of nitrogens with zero attached hydrogens (tertiary/aromatic N) is 2. The predicted octanol–water partition coefficient (Wildman–Crippen LogP) is 2.62. The van der Waals surface area contributed by atoms with Crippen molar-refractivity contribution < 1.29 is 9.15 Å². The van der Waals surface area contributed by atoms with Gasteiger partial charge in [0.05, 0.1) is 24.0 Å². The lowest BCUT2D eigenvalue weighted by atomic mass is 10.2. The molecule has 2 aromatic heterocycles. The molecule has 3 aromatic rings. The Labute approximate surface area is 97.5 Å². The number of H-pyrrole nitrogens is 1. The minimum atomic E-state index is 0.437. The third kappa shape index (κ3) is 1.75. The number of hydrogen-bond donors (Lipinski definition) is 1. The number of rotatable bonds is 3. The molecule has 1 aromatic carbocycles. The fourth-order valence-electron chi connectivity index (χ4n) is 1.67. The van der Waals surface area contributed by atoms with Crippen molar-refractivity contribution in [3.8, 4) is 17.4 Å². The van der Waals surface area contributed by atoms with Crippen LogP contribution in [-0.4, -0.2) is 21.6 Å². The summed E-state index contributed by atoms with van der Waals surface area (Å²) in [5.74, 6) is 0.983. The molecule has 5 nitrogen and oxygen atoms in total. The van der Waals surface area contributed by atoms with Gasteiger partial charge in [-0.25, -0.2) is 9.97 Å². The molecule has 0 aliphatic carbocycles. The van der Waals surface area contributed by atoms with Gasteiger partial charge in [-0.3, -0.25) is 0 Å². The van der Waals surface area contributed by atoms with Crippen LogP contribution in [0.3, 0.4) is 0 Å². The first-order valence-electron chi connectivity index (χ1n) is 5.39. The van der Waals surface area contributed by atoms with Gasteiger partial charge in [0.15, 0.2) is 0 Å². The standard InChI is InChI=1S/C12H11N3O2/c1-2-16-11-6-13-12(17-11)8-3-4-9-10(5-8)15-7-14-9/h3-7H,2H2,1H3,(H,14,15). The topological polar surface area (TPSA) is 63.9 Å². The Hall–Kier alpha value is -2.30. The molecule has 0 amide bonds. The second-order valence-corrected chi connectivity index (χ2v) is 3.55. The quantitative estimate of drug-likeness (QED) is 0.749. The average molecular weight is 229 g/mol. The predicted molar refractivity (Wildman–Crippen MR) is 62.8 cm³/mol. The number of hydrogen-bond acceptors (Lipinski definition) is 4. The van der Waals surface area contributed by atoms with Gasteiger partial charge >= 0.3 is 5.95 Å². The summed E-state index contributed by atoms with van der Waals surface area (Å²) in [6.45, 7) is 2.47. The van der Waals surface area contributed by atoms with E-state index in [-0.39, 0.29) is 0 Å². The SMILES string of the molecule is CCOc1cnc(-c2ccc3nc[nH]c3c2)o1. The van der Waals surface area contributed by atoms with Crippen molar-refractivity contribution in [1.29, 1.82) is 0 Å². The van der Waals surface area contributed by atoms with Crippen molar-refractivity contribution in [2.75, 3.05) is 6.61 Å². The number of aromatic amines is 1. The fourth-order valence-corrected chi connectivity index (χ4v) is 1.67. The molecule has 0 atom stereocenters. The van der Waals surface area contributed by atoms with Gasteiger partial charge in [0, 0.05) is 5.56 Å². The molecule has 2 heterocycles. The van der Waals surface area contributed by atoms with Crippen molar-refractivity contribution in [3.05, 3.63) is 30.7 Å². The molecule has 0 spiro atoms. The summed E-state index contributed by atoms with van der Waals surface area (Å²) >= 11 is 0. The van der Waals surface area contributed by atoms with Gasteiger partial charge in [0.25, 0.3) is 0 Å². The van der Waals surface area contributed by atoms with E-state index in [0.29, 0.717) is 18.4 Å². The Balaban J connectivity index is 2.00. The molecule has 0 aliphatic rings.